The maximum absolute atomic E-state index is 12.2. The number of carbonyl (C=O) groups is 1. The molecule has 0 aliphatic heterocycles. The van der Waals surface area contributed by atoms with Gasteiger partial charge in [0.15, 0.2) is 0 Å². The van der Waals surface area contributed by atoms with Crippen LogP contribution >= 0.6 is 0 Å². The van der Waals surface area contributed by atoms with E-state index in [2.05, 4.69) is 10.0 Å². The number of methoxy groups -OCH3 is 1. The standard InChI is InChI=1S/C16H26N2O4S/c1-5-6-12(2)16(19)17-14-7-9-15(10-8-14)23(20,21)18-13(3)11-22-4/h7-10,12-13,18H,5-6,11H2,1-4H3,(H,17,19). The molecule has 0 saturated heterocycles. The molecule has 130 valence electrons. The van der Waals surface area contributed by atoms with Gasteiger partial charge in [-0.1, -0.05) is 20.3 Å². The van der Waals surface area contributed by atoms with Crippen molar-refractivity contribution in [1.82, 2.24) is 4.72 Å². The van der Waals surface area contributed by atoms with Crippen molar-refractivity contribution in [3.05, 3.63) is 24.3 Å². The fourth-order valence-corrected chi connectivity index (χ4v) is 3.39. The Bertz CT molecular complexity index is 599. The van der Waals surface area contributed by atoms with Crippen LogP contribution in [0.3, 0.4) is 0 Å². The molecule has 1 amide bonds. The van der Waals surface area contributed by atoms with Crippen LogP contribution in [0.5, 0.6) is 0 Å². The van der Waals surface area contributed by atoms with E-state index >= 15 is 0 Å². The maximum atomic E-state index is 12.2. The third-order valence-electron chi connectivity index (χ3n) is 3.37. The molecular formula is C16H26N2O4S. The molecule has 2 unspecified atom stereocenters. The molecule has 0 aliphatic rings. The second kappa shape index (κ2) is 9.00. The summed E-state index contributed by atoms with van der Waals surface area (Å²) in [5.74, 6) is -0.130. The largest absolute Gasteiger partial charge is 0.383 e. The predicted octanol–water partition coefficient (Wildman–Crippen LogP) is 2.37. The quantitative estimate of drug-likeness (QED) is 0.721. The average molecular weight is 342 g/mol. The van der Waals surface area contributed by atoms with E-state index in [1.807, 2.05) is 13.8 Å². The third-order valence-corrected chi connectivity index (χ3v) is 4.98. The van der Waals surface area contributed by atoms with Crippen molar-refractivity contribution in [3.63, 3.8) is 0 Å². The Hall–Kier alpha value is -1.44. The minimum atomic E-state index is -3.59. The molecule has 2 N–H and O–H groups in total. The first-order valence-electron chi connectivity index (χ1n) is 7.72. The fraction of sp³-hybridized carbons (Fsp3) is 0.562. The number of benzene rings is 1. The molecule has 1 aromatic rings. The predicted molar refractivity (Wildman–Crippen MR) is 90.8 cm³/mol. The molecule has 0 bridgehead atoms. The first-order chi connectivity index (χ1) is 10.8. The summed E-state index contributed by atoms with van der Waals surface area (Å²) in [7, 11) is -2.08. The van der Waals surface area contributed by atoms with Gasteiger partial charge >= 0.3 is 0 Å². The number of ether oxygens (including phenoxy) is 1. The van der Waals surface area contributed by atoms with Crippen LogP contribution in [0, 0.1) is 5.92 Å². The lowest BCUT2D eigenvalue weighted by molar-refractivity contribution is -0.119. The van der Waals surface area contributed by atoms with Gasteiger partial charge in [0.25, 0.3) is 0 Å². The van der Waals surface area contributed by atoms with Gasteiger partial charge in [0.1, 0.15) is 0 Å². The van der Waals surface area contributed by atoms with E-state index in [4.69, 9.17) is 4.74 Å². The molecule has 0 spiro atoms. The number of carbonyl (C=O) groups excluding carboxylic acids is 1. The Balaban J connectivity index is 2.74. The summed E-state index contributed by atoms with van der Waals surface area (Å²) in [6.07, 6.45) is 1.76. The Labute approximate surface area is 138 Å². The summed E-state index contributed by atoms with van der Waals surface area (Å²) in [6, 6.07) is 5.81. The molecule has 7 heteroatoms. The zero-order valence-corrected chi connectivity index (χ0v) is 14.9. The molecule has 1 rings (SSSR count). The van der Waals surface area contributed by atoms with E-state index in [9.17, 15) is 13.2 Å². The molecule has 0 aromatic heterocycles. The molecule has 0 heterocycles. The van der Waals surface area contributed by atoms with E-state index in [0.717, 1.165) is 12.8 Å². The lowest BCUT2D eigenvalue weighted by atomic mass is 10.1. The van der Waals surface area contributed by atoms with E-state index in [1.165, 1.54) is 19.2 Å². The number of sulfonamides is 1. The zero-order chi connectivity index (χ0) is 17.5. The van der Waals surface area contributed by atoms with Crippen molar-refractivity contribution in [1.29, 1.82) is 0 Å². The van der Waals surface area contributed by atoms with E-state index in [0.29, 0.717) is 12.3 Å². The highest BCUT2D eigenvalue weighted by Crippen LogP contribution is 2.16. The van der Waals surface area contributed by atoms with Crippen molar-refractivity contribution in [3.8, 4) is 0 Å². The highest BCUT2D eigenvalue weighted by atomic mass is 32.2. The van der Waals surface area contributed by atoms with Crippen LogP contribution in [-0.4, -0.2) is 34.1 Å². The molecular weight excluding hydrogens is 316 g/mol. The third kappa shape index (κ3) is 6.29. The topological polar surface area (TPSA) is 84.5 Å². The van der Waals surface area contributed by atoms with Crippen LogP contribution in [-0.2, 0) is 19.6 Å². The van der Waals surface area contributed by atoms with Gasteiger partial charge < -0.3 is 10.1 Å². The van der Waals surface area contributed by atoms with Gasteiger partial charge in [-0.05, 0) is 37.6 Å². The first kappa shape index (κ1) is 19.6. The van der Waals surface area contributed by atoms with E-state index in [-0.39, 0.29) is 22.8 Å². The Morgan fingerprint density at radius 1 is 1.22 bits per heavy atom. The van der Waals surface area contributed by atoms with Gasteiger partial charge in [0.2, 0.25) is 15.9 Å². The Morgan fingerprint density at radius 3 is 2.35 bits per heavy atom. The average Bonchev–Trinajstić information content (AvgIpc) is 2.47. The molecule has 6 nitrogen and oxygen atoms in total. The van der Waals surface area contributed by atoms with Crippen LogP contribution in [0.25, 0.3) is 0 Å². The molecule has 2 atom stereocenters. The summed E-state index contributed by atoms with van der Waals surface area (Å²) in [5, 5.41) is 2.79. The van der Waals surface area contributed by atoms with Crippen LogP contribution in [0.15, 0.2) is 29.2 Å². The number of rotatable bonds is 9. The lowest BCUT2D eigenvalue weighted by Crippen LogP contribution is -2.35. The van der Waals surface area contributed by atoms with Gasteiger partial charge in [-0.2, -0.15) is 0 Å². The first-order valence-corrected chi connectivity index (χ1v) is 9.20. The van der Waals surface area contributed by atoms with Gasteiger partial charge in [0, 0.05) is 24.8 Å². The normalized spacial score (nSPS) is 14.3. The van der Waals surface area contributed by atoms with Crippen LogP contribution in [0.2, 0.25) is 0 Å². The minimum Gasteiger partial charge on any atom is -0.383 e. The van der Waals surface area contributed by atoms with Gasteiger partial charge in [-0.3, -0.25) is 4.79 Å². The smallest absolute Gasteiger partial charge is 0.240 e. The number of amides is 1. The summed E-state index contributed by atoms with van der Waals surface area (Å²) >= 11 is 0. The Morgan fingerprint density at radius 2 is 1.83 bits per heavy atom. The molecule has 0 aliphatic carbocycles. The van der Waals surface area contributed by atoms with Gasteiger partial charge in [0.05, 0.1) is 11.5 Å². The van der Waals surface area contributed by atoms with Crippen molar-refractivity contribution in [2.45, 2.75) is 44.6 Å². The van der Waals surface area contributed by atoms with Crippen molar-refractivity contribution in [2.24, 2.45) is 5.92 Å². The molecule has 23 heavy (non-hydrogen) atoms. The van der Waals surface area contributed by atoms with E-state index < -0.39 is 10.0 Å². The van der Waals surface area contributed by atoms with Crippen molar-refractivity contribution < 1.29 is 17.9 Å². The SMILES string of the molecule is CCCC(C)C(=O)Nc1ccc(S(=O)(=O)NC(C)COC)cc1. The fourth-order valence-electron chi connectivity index (χ4n) is 2.16. The molecule has 0 radical (unpaired) electrons. The maximum Gasteiger partial charge on any atom is 0.240 e. The summed E-state index contributed by atoms with van der Waals surface area (Å²) in [4.78, 5) is 12.1. The highest BCUT2D eigenvalue weighted by Gasteiger charge is 2.17. The molecule has 1 aromatic carbocycles. The molecule has 0 fully saturated rings. The van der Waals surface area contributed by atoms with Gasteiger partial charge in [-0.15, -0.1) is 0 Å². The summed E-state index contributed by atoms with van der Waals surface area (Å²) in [5.41, 5.74) is 0.585. The second-order valence-corrected chi connectivity index (χ2v) is 7.40. The van der Waals surface area contributed by atoms with Crippen molar-refractivity contribution in [2.75, 3.05) is 19.0 Å². The molecule has 0 saturated carbocycles. The van der Waals surface area contributed by atoms with Crippen LogP contribution in [0.1, 0.15) is 33.6 Å². The highest BCUT2D eigenvalue weighted by molar-refractivity contribution is 7.89. The minimum absolute atomic E-state index is 0.0608. The zero-order valence-electron chi connectivity index (χ0n) is 14.1. The number of anilines is 1. The van der Waals surface area contributed by atoms with Crippen LogP contribution < -0.4 is 10.0 Å². The summed E-state index contributed by atoms with van der Waals surface area (Å²) < 4.78 is 31.8. The van der Waals surface area contributed by atoms with E-state index in [1.54, 1.807) is 19.1 Å². The van der Waals surface area contributed by atoms with Crippen molar-refractivity contribution >= 4 is 21.6 Å². The number of hydrogen-bond acceptors (Lipinski definition) is 4. The number of nitrogens with one attached hydrogen (secondary N) is 2. The monoisotopic (exact) mass is 342 g/mol. The lowest BCUT2D eigenvalue weighted by Gasteiger charge is -2.14. The Kier molecular flexibility index (Phi) is 7.67. The van der Waals surface area contributed by atoms with Gasteiger partial charge in [-0.25, -0.2) is 13.1 Å². The van der Waals surface area contributed by atoms with Crippen LogP contribution in [0.4, 0.5) is 5.69 Å². The second-order valence-electron chi connectivity index (χ2n) is 5.68. The summed E-state index contributed by atoms with van der Waals surface area (Å²) in [6.45, 7) is 5.92. The number of hydrogen-bond donors (Lipinski definition) is 2.